The maximum atomic E-state index is 12.2. The number of halogens is 1. The number of hydrogen-bond acceptors (Lipinski definition) is 5. The lowest BCUT2D eigenvalue weighted by atomic mass is 10.1. The van der Waals surface area contributed by atoms with Gasteiger partial charge in [-0.3, -0.25) is 4.98 Å². The normalized spacial score (nSPS) is 12.2. The van der Waals surface area contributed by atoms with Gasteiger partial charge in [-0.15, -0.1) is 5.10 Å². The van der Waals surface area contributed by atoms with Crippen LogP contribution in [0.25, 0.3) is 16.6 Å². The Kier molecular flexibility index (Phi) is 5.42. The predicted molar refractivity (Wildman–Crippen MR) is 103 cm³/mol. The van der Waals surface area contributed by atoms with Crippen molar-refractivity contribution in [2.45, 2.75) is 26.3 Å². The number of ether oxygens (including phenoxy) is 1. The van der Waals surface area contributed by atoms with E-state index >= 15 is 0 Å². The van der Waals surface area contributed by atoms with E-state index in [1.54, 1.807) is 12.4 Å². The van der Waals surface area contributed by atoms with Crippen LogP contribution in [0.5, 0.6) is 0 Å². The van der Waals surface area contributed by atoms with Crippen molar-refractivity contribution in [3.63, 3.8) is 0 Å². The van der Waals surface area contributed by atoms with E-state index < -0.39 is 6.04 Å². The Labute approximate surface area is 157 Å². The Bertz CT molecular complexity index is 908. The fraction of sp³-hybridized carbons (Fsp3) is 0.316. The van der Waals surface area contributed by atoms with E-state index in [9.17, 15) is 4.79 Å². The zero-order valence-corrected chi connectivity index (χ0v) is 15.8. The molecule has 2 heterocycles. The number of hydrogen-bond donors (Lipinski definition) is 0. The summed E-state index contributed by atoms with van der Waals surface area (Å²) in [6.45, 7) is 4.59. The number of benzene rings is 1. The monoisotopic (exact) mass is 372 g/mol. The van der Waals surface area contributed by atoms with Gasteiger partial charge in [0.05, 0.1) is 24.5 Å². The second-order valence-corrected chi connectivity index (χ2v) is 6.27. The topological polar surface area (TPSA) is 60.2 Å². The third-order valence-electron chi connectivity index (χ3n) is 4.38. The highest BCUT2D eigenvalue weighted by Crippen LogP contribution is 2.30. The first-order chi connectivity index (χ1) is 12.6. The molecule has 0 aliphatic heterocycles. The molecule has 0 bridgehead atoms. The van der Waals surface area contributed by atoms with Gasteiger partial charge in [0.25, 0.3) is 0 Å². The summed E-state index contributed by atoms with van der Waals surface area (Å²) in [5.41, 5.74) is 1.74. The van der Waals surface area contributed by atoms with Crippen LogP contribution in [0.2, 0.25) is 5.02 Å². The van der Waals surface area contributed by atoms with E-state index in [1.807, 2.05) is 53.8 Å². The van der Waals surface area contributed by atoms with Gasteiger partial charge in [0.15, 0.2) is 5.82 Å². The first kappa shape index (κ1) is 18.2. The maximum absolute atomic E-state index is 12.2. The number of anilines is 1. The van der Waals surface area contributed by atoms with Crippen LogP contribution < -0.4 is 4.90 Å². The van der Waals surface area contributed by atoms with E-state index in [0.29, 0.717) is 18.0 Å². The summed E-state index contributed by atoms with van der Waals surface area (Å²) in [4.78, 5) is 18.4. The smallest absolute Gasteiger partial charge is 0.328 e. The van der Waals surface area contributed by atoms with Crippen LogP contribution in [0, 0.1) is 0 Å². The van der Waals surface area contributed by atoms with Crippen molar-refractivity contribution in [3.05, 3.63) is 47.7 Å². The van der Waals surface area contributed by atoms with Gasteiger partial charge in [0.1, 0.15) is 6.04 Å². The highest BCUT2D eigenvalue weighted by molar-refractivity contribution is 6.30. The van der Waals surface area contributed by atoms with Crippen molar-refractivity contribution >= 4 is 34.3 Å². The van der Waals surface area contributed by atoms with Gasteiger partial charge in [0, 0.05) is 23.2 Å². The zero-order chi connectivity index (χ0) is 18.7. The summed E-state index contributed by atoms with van der Waals surface area (Å²) in [5.74, 6) is 0.467. The summed E-state index contributed by atoms with van der Waals surface area (Å²) in [6.07, 6.45) is 4.13. The Morgan fingerprint density at radius 1 is 1.27 bits per heavy atom. The molecule has 0 fully saturated rings. The van der Waals surface area contributed by atoms with E-state index in [1.165, 1.54) is 7.11 Å². The number of carbonyl (C=O) groups excluding carboxylic acids is 1. The number of carbonyl (C=O) groups is 1. The van der Waals surface area contributed by atoms with Gasteiger partial charge in [-0.05, 0) is 43.7 Å². The van der Waals surface area contributed by atoms with Crippen molar-refractivity contribution < 1.29 is 9.53 Å². The SMILES string of the molecule is CCC(C(=O)OC)N(CC)c1nn(-c2ccc(Cl)cc2)c2cnccc12. The van der Waals surface area contributed by atoms with E-state index in [2.05, 4.69) is 4.98 Å². The summed E-state index contributed by atoms with van der Waals surface area (Å²) >= 11 is 6.01. The number of methoxy groups -OCH3 is 1. The lowest BCUT2D eigenvalue weighted by Gasteiger charge is -2.28. The average molecular weight is 373 g/mol. The Balaban J connectivity index is 2.17. The molecule has 0 spiro atoms. The van der Waals surface area contributed by atoms with Crippen LogP contribution >= 0.6 is 11.6 Å². The molecule has 1 atom stereocenters. The Morgan fingerprint density at radius 2 is 2.00 bits per heavy atom. The first-order valence-corrected chi connectivity index (χ1v) is 8.91. The molecule has 2 aromatic heterocycles. The molecule has 0 aliphatic rings. The van der Waals surface area contributed by atoms with Crippen LogP contribution in [0.15, 0.2) is 42.7 Å². The molecule has 0 aliphatic carbocycles. The van der Waals surface area contributed by atoms with Gasteiger partial charge >= 0.3 is 5.97 Å². The lowest BCUT2D eigenvalue weighted by Crippen LogP contribution is -2.42. The molecule has 0 N–H and O–H groups in total. The second kappa shape index (κ2) is 7.74. The molecular weight excluding hydrogens is 352 g/mol. The first-order valence-electron chi connectivity index (χ1n) is 8.53. The van der Waals surface area contributed by atoms with Gasteiger partial charge in [-0.2, -0.15) is 0 Å². The molecule has 0 saturated carbocycles. The predicted octanol–water partition coefficient (Wildman–Crippen LogP) is 3.85. The molecular formula is C19H21ClN4O2. The summed E-state index contributed by atoms with van der Waals surface area (Å²) in [5, 5.41) is 6.39. The minimum Gasteiger partial charge on any atom is -0.467 e. The van der Waals surface area contributed by atoms with Crippen molar-refractivity contribution in [1.82, 2.24) is 14.8 Å². The molecule has 0 amide bonds. The molecule has 3 aromatic rings. The van der Waals surface area contributed by atoms with E-state index in [4.69, 9.17) is 21.4 Å². The largest absolute Gasteiger partial charge is 0.467 e. The van der Waals surface area contributed by atoms with Crippen molar-refractivity contribution in [1.29, 1.82) is 0 Å². The number of nitrogens with zero attached hydrogens (tertiary/aromatic N) is 4. The zero-order valence-electron chi connectivity index (χ0n) is 15.0. The fourth-order valence-electron chi connectivity index (χ4n) is 3.11. The highest BCUT2D eigenvalue weighted by Gasteiger charge is 2.28. The van der Waals surface area contributed by atoms with Crippen molar-refractivity contribution in [2.75, 3.05) is 18.6 Å². The lowest BCUT2D eigenvalue weighted by molar-refractivity contribution is -0.142. The third kappa shape index (κ3) is 3.24. The van der Waals surface area contributed by atoms with Crippen LogP contribution in [-0.4, -0.2) is 40.4 Å². The Morgan fingerprint density at radius 3 is 2.62 bits per heavy atom. The van der Waals surface area contributed by atoms with Crippen molar-refractivity contribution in [2.24, 2.45) is 0 Å². The number of pyridine rings is 1. The van der Waals surface area contributed by atoms with Gasteiger partial charge < -0.3 is 9.64 Å². The third-order valence-corrected chi connectivity index (χ3v) is 4.64. The Hall–Kier alpha value is -2.60. The summed E-state index contributed by atoms with van der Waals surface area (Å²) < 4.78 is 6.80. The van der Waals surface area contributed by atoms with Gasteiger partial charge in [-0.25, -0.2) is 9.48 Å². The summed E-state index contributed by atoms with van der Waals surface area (Å²) in [7, 11) is 1.41. The highest BCUT2D eigenvalue weighted by atomic mass is 35.5. The average Bonchev–Trinajstić information content (AvgIpc) is 3.05. The number of aromatic nitrogens is 3. The van der Waals surface area contributed by atoms with Gasteiger partial charge in [-0.1, -0.05) is 18.5 Å². The number of rotatable bonds is 6. The number of esters is 1. The van der Waals surface area contributed by atoms with Crippen LogP contribution in [0.4, 0.5) is 5.82 Å². The van der Waals surface area contributed by atoms with E-state index in [-0.39, 0.29) is 5.97 Å². The quantitative estimate of drug-likeness (QED) is 0.615. The number of likely N-dealkylation sites (N-methyl/N-ethyl adjacent to an activating group) is 1. The standard InChI is InChI=1S/C19H21ClN4O2/c1-4-16(19(25)26-3)23(5-2)18-15-10-11-21-12-17(15)24(22-18)14-8-6-13(20)7-9-14/h6-12,16H,4-5H2,1-3H3. The van der Waals surface area contributed by atoms with Crippen LogP contribution in [0.3, 0.4) is 0 Å². The molecule has 7 heteroatoms. The van der Waals surface area contributed by atoms with Crippen molar-refractivity contribution in [3.8, 4) is 5.69 Å². The molecule has 3 rings (SSSR count). The second-order valence-electron chi connectivity index (χ2n) is 5.84. The molecule has 0 radical (unpaired) electrons. The number of fused-ring (bicyclic) bond motifs is 1. The minimum atomic E-state index is -0.394. The van der Waals surface area contributed by atoms with E-state index in [0.717, 1.165) is 22.4 Å². The fourth-order valence-corrected chi connectivity index (χ4v) is 3.23. The molecule has 26 heavy (non-hydrogen) atoms. The molecule has 1 unspecified atom stereocenters. The minimum absolute atomic E-state index is 0.266. The molecule has 136 valence electrons. The van der Waals surface area contributed by atoms with Crippen LogP contribution in [-0.2, 0) is 9.53 Å². The molecule has 6 nitrogen and oxygen atoms in total. The molecule has 0 saturated heterocycles. The van der Waals surface area contributed by atoms with Crippen LogP contribution in [0.1, 0.15) is 20.3 Å². The molecule has 1 aromatic carbocycles. The summed E-state index contributed by atoms with van der Waals surface area (Å²) in [6, 6.07) is 8.97. The van der Waals surface area contributed by atoms with Gasteiger partial charge in [0.2, 0.25) is 0 Å². The maximum Gasteiger partial charge on any atom is 0.328 e.